The quantitative estimate of drug-likeness (QED) is 0.542. The van der Waals surface area contributed by atoms with Crippen molar-refractivity contribution in [3.8, 4) is 5.75 Å². The highest BCUT2D eigenvalue weighted by atomic mass is 16.3. The summed E-state index contributed by atoms with van der Waals surface area (Å²) in [5.41, 5.74) is 1.78. The lowest BCUT2D eigenvalue weighted by Gasteiger charge is -2.11. The number of anilines is 1. The van der Waals surface area contributed by atoms with Gasteiger partial charge in [-0.1, -0.05) is 36.4 Å². The fourth-order valence-electron chi connectivity index (χ4n) is 2.82. The lowest BCUT2D eigenvalue weighted by molar-refractivity contribution is 0.0948. The number of phenols is 1. The van der Waals surface area contributed by atoms with Crippen LogP contribution in [0.1, 0.15) is 29.8 Å². The first kappa shape index (κ1) is 19.2. The standard InChI is InChI=1S/C22H23N3O3/c1-14(2)24-22(28)25-18-9-7-15(8-10-18)13-23-21(27)19-11-16-5-3-4-6-17(16)12-20(19)26/h3-12,14,26H,13H2,1-2H3,(H,23,27)(H2,24,25,28). The Morgan fingerprint density at radius 3 is 2.25 bits per heavy atom. The Labute approximate surface area is 163 Å². The van der Waals surface area contributed by atoms with Gasteiger partial charge < -0.3 is 21.1 Å². The fraction of sp³-hybridized carbons (Fsp3) is 0.182. The molecule has 0 atom stereocenters. The van der Waals surface area contributed by atoms with E-state index < -0.39 is 0 Å². The second kappa shape index (κ2) is 8.43. The second-order valence-corrected chi connectivity index (χ2v) is 6.85. The smallest absolute Gasteiger partial charge is 0.319 e. The number of carbonyl (C=O) groups excluding carboxylic acids is 2. The van der Waals surface area contributed by atoms with Crippen LogP contribution >= 0.6 is 0 Å². The molecular weight excluding hydrogens is 354 g/mol. The summed E-state index contributed by atoms with van der Waals surface area (Å²) in [5.74, 6) is -0.395. The number of aromatic hydroxyl groups is 1. The molecular formula is C22H23N3O3. The van der Waals surface area contributed by atoms with E-state index in [0.29, 0.717) is 12.2 Å². The van der Waals surface area contributed by atoms with Crippen molar-refractivity contribution in [1.82, 2.24) is 10.6 Å². The minimum atomic E-state index is -0.346. The maximum atomic E-state index is 12.5. The SMILES string of the molecule is CC(C)NC(=O)Nc1ccc(CNC(=O)c2cc3ccccc3cc2O)cc1. The highest BCUT2D eigenvalue weighted by molar-refractivity contribution is 6.01. The number of benzene rings is 3. The van der Waals surface area contributed by atoms with Gasteiger partial charge in [-0.15, -0.1) is 0 Å². The summed E-state index contributed by atoms with van der Waals surface area (Å²) >= 11 is 0. The van der Waals surface area contributed by atoms with Crippen molar-refractivity contribution in [2.45, 2.75) is 26.4 Å². The van der Waals surface area contributed by atoms with Crippen LogP contribution in [-0.4, -0.2) is 23.1 Å². The molecule has 0 aromatic heterocycles. The molecule has 0 spiro atoms. The minimum Gasteiger partial charge on any atom is -0.507 e. The normalized spacial score (nSPS) is 10.7. The third-order valence-corrected chi connectivity index (χ3v) is 4.19. The Morgan fingerprint density at radius 1 is 0.964 bits per heavy atom. The molecule has 0 aliphatic heterocycles. The van der Waals surface area contributed by atoms with Gasteiger partial charge in [0, 0.05) is 18.3 Å². The van der Waals surface area contributed by atoms with Gasteiger partial charge in [-0.3, -0.25) is 4.79 Å². The van der Waals surface area contributed by atoms with Crippen molar-refractivity contribution in [3.05, 3.63) is 71.8 Å². The molecule has 3 aromatic carbocycles. The molecule has 0 radical (unpaired) electrons. The average molecular weight is 377 g/mol. The molecule has 0 unspecified atom stereocenters. The Kier molecular flexibility index (Phi) is 5.79. The van der Waals surface area contributed by atoms with E-state index in [0.717, 1.165) is 16.3 Å². The number of carbonyl (C=O) groups is 2. The van der Waals surface area contributed by atoms with Gasteiger partial charge in [0.05, 0.1) is 5.56 Å². The predicted octanol–water partition coefficient (Wildman–Crippen LogP) is 4.01. The van der Waals surface area contributed by atoms with E-state index in [1.54, 1.807) is 24.3 Å². The maximum absolute atomic E-state index is 12.5. The number of phenolic OH excluding ortho intramolecular Hbond substituents is 1. The van der Waals surface area contributed by atoms with E-state index in [9.17, 15) is 14.7 Å². The molecule has 0 fully saturated rings. The van der Waals surface area contributed by atoms with E-state index >= 15 is 0 Å². The van der Waals surface area contributed by atoms with E-state index in [-0.39, 0.29) is 29.3 Å². The van der Waals surface area contributed by atoms with Crippen molar-refractivity contribution < 1.29 is 14.7 Å². The number of rotatable bonds is 5. The topological polar surface area (TPSA) is 90.5 Å². The zero-order valence-corrected chi connectivity index (χ0v) is 15.8. The van der Waals surface area contributed by atoms with Gasteiger partial charge >= 0.3 is 6.03 Å². The van der Waals surface area contributed by atoms with E-state index in [4.69, 9.17) is 0 Å². The van der Waals surface area contributed by atoms with Gasteiger partial charge in [-0.25, -0.2) is 4.79 Å². The van der Waals surface area contributed by atoms with Crippen LogP contribution in [0.3, 0.4) is 0 Å². The molecule has 0 aliphatic rings. The van der Waals surface area contributed by atoms with Gasteiger partial charge in [0.2, 0.25) is 0 Å². The highest BCUT2D eigenvalue weighted by Crippen LogP contribution is 2.25. The van der Waals surface area contributed by atoms with Gasteiger partial charge in [0.1, 0.15) is 5.75 Å². The highest BCUT2D eigenvalue weighted by Gasteiger charge is 2.12. The van der Waals surface area contributed by atoms with Gasteiger partial charge in [-0.2, -0.15) is 0 Å². The van der Waals surface area contributed by atoms with Crippen LogP contribution in [0, 0.1) is 0 Å². The Morgan fingerprint density at radius 2 is 1.61 bits per heavy atom. The number of amides is 3. The fourth-order valence-corrected chi connectivity index (χ4v) is 2.82. The third kappa shape index (κ3) is 4.79. The van der Waals surface area contributed by atoms with E-state index in [1.807, 2.05) is 50.2 Å². The number of urea groups is 1. The first-order valence-corrected chi connectivity index (χ1v) is 9.09. The molecule has 6 heteroatoms. The van der Waals surface area contributed by atoms with Crippen LogP contribution < -0.4 is 16.0 Å². The Hall–Kier alpha value is -3.54. The summed E-state index contributed by atoms with van der Waals surface area (Å²) in [6, 6.07) is 17.8. The molecule has 0 heterocycles. The summed E-state index contributed by atoms with van der Waals surface area (Å²) in [6.45, 7) is 4.08. The molecule has 3 aromatic rings. The monoisotopic (exact) mass is 377 g/mol. The zero-order valence-electron chi connectivity index (χ0n) is 15.8. The predicted molar refractivity (Wildman–Crippen MR) is 111 cm³/mol. The number of fused-ring (bicyclic) bond motifs is 1. The van der Waals surface area contributed by atoms with Crippen LogP contribution in [0.15, 0.2) is 60.7 Å². The zero-order chi connectivity index (χ0) is 20.1. The second-order valence-electron chi connectivity index (χ2n) is 6.85. The largest absolute Gasteiger partial charge is 0.507 e. The molecule has 4 N–H and O–H groups in total. The van der Waals surface area contributed by atoms with Crippen molar-refractivity contribution in [1.29, 1.82) is 0 Å². The number of hydrogen-bond donors (Lipinski definition) is 4. The minimum absolute atomic E-state index is 0.0492. The molecule has 0 saturated carbocycles. The average Bonchev–Trinajstić information content (AvgIpc) is 2.66. The van der Waals surface area contributed by atoms with Gasteiger partial charge in [-0.05, 0) is 54.4 Å². The molecule has 3 amide bonds. The molecule has 0 saturated heterocycles. The Bertz CT molecular complexity index is 998. The van der Waals surface area contributed by atoms with Crippen LogP contribution in [-0.2, 0) is 6.54 Å². The summed E-state index contributed by atoms with van der Waals surface area (Å²) in [7, 11) is 0. The summed E-state index contributed by atoms with van der Waals surface area (Å²) < 4.78 is 0. The van der Waals surface area contributed by atoms with Crippen LogP contribution in [0.2, 0.25) is 0 Å². The van der Waals surface area contributed by atoms with Crippen molar-refractivity contribution in [3.63, 3.8) is 0 Å². The molecule has 0 bridgehead atoms. The van der Waals surface area contributed by atoms with Crippen LogP contribution in [0.5, 0.6) is 5.75 Å². The first-order valence-electron chi connectivity index (χ1n) is 9.09. The van der Waals surface area contributed by atoms with E-state index in [2.05, 4.69) is 16.0 Å². The van der Waals surface area contributed by atoms with Gasteiger partial charge in [0.25, 0.3) is 5.91 Å². The first-order chi connectivity index (χ1) is 13.4. The van der Waals surface area contributed by atoms with Crippen molar-refractivity contribution >= 4 is 28.4 Å². The lowest BCUT2D eigenvalue weighted by Crippen LogP contribution is -2.34. The number of hydrogen-bond acceptors (Lipinski definition) is 3. The van der Waals surface area contributed by atoms with Crippen LogP contribution in [0.25, 0.3) is 10.8 Å². The molecule has 3 rings (SSSR count). The Balaban J connectivity index is 1.62. The third-order valence-electron chi connectivity index (χ3n) is 4.19. The van der Waals surface area contributed by atoms with Crippen molar-refractivity contribution in [2.75, 3.05) is 5.32 Å². The molecule has 0 aliphatic carbocycles. The summed E-state index contributed by atoms with van der Waals surface area (Å²) in [5, 5.41) is 20.2. The van der Waals surface area contributed by atoms with E-state index in [1.165, 1.54) is 0 Å². The molecule has 6 nitrogen and oxygen atoms in total. The van der Waals surface area contributed by atoms with Gasteiger partial charge in [0.15, 0.2) is 0 Å². The number of nitrogens with one attached hydrogen (secondary N) is 3. The van der Waals surface area contributed by atoms with Crippen molar-refractivity contribution in [2.24, 2.45) is 0 Å². The van der Waals surface area contributed by atoms with Crippen LogP contribution in [0.4, 0.5) is 10.5 Å². The molecule has 144 valence electrons. The maximum Gasteiger partial charge on any atom is 0.319 e. The molecule has 28 heavy (non-hydrogen) atoms. The summed E-state index contributed by atoms with van der Waals surface area (Å²) in [4.78, 5) is 24.2. The summed E-state index contributed by atoms with van der Waals surface area (Å²) in [6.07, 6.45) is 0. The lowest BCUT2D eigenvalue weighted by atomic mass is 10.1.